The lowest BCUT2D eigenvalue weighted by Gasteiger charge is -2.38. The predicted octanol–water partition coefficient (Wildman–Crippen LogP) is 2.23. The summed E-state index contributed by atoms with van der Waals surface area (Å²) in [6, 6.07) is 6.41. The van der Waals surface area contributed by atoms with Crippen LogP contribution in [0.5, 0.6) is 11.5 Å². The van der Waals surface area contributed by atoms with Crippen LogP contribution in [0.2, 0.25) is 0 Å². The average Bonchev–Trinajstić information content (AvgIpc) is 3.09. The monoisotopic (exact) mass is 330 g/mol. The molecule has 2 aromatic rings. The first kappa shape index (κ1) is 15.1. The van der Waals surface area contributed by atoms with Gasteiger partial charge in [0, 0.05) is 32.2 Å². The number of rotatable bonds is 3. The molecule has 6 nitrogen and oxygen atoms in total. The maximum absolute atomic E-state index is 12.9. The third kappa shape index (κ3) is 2.87. The summed E-state index contributed by atoms with van der Waals surface area (Å²) in [5, 5.41) is 0. The highest BCUT2D eigenvalue weighted by Gasteiger charge is 2.24. The van der Waals surface area contributed by atoms with Gasteiger partial charge in [-0.3, -0.25) is 4.90 Å². The largest absolute Gasteiger partial charge is 0.454 e. The van der Waals surface area contributed by atoms with E-state index in [9.17, 15) is 4.39 Å². The fraction of sp³-hybridized carbons (Fsp3) is 0.412. The molecule has 7 heteroatoms. The maximum Gasteiger partial charge on any atom is 0.231 e. The smallest absolute Gasteiger partial charge is 0.231 e. The van der Waals surface area contributed by atoms with E-state index in [-0.39, 0.29) is 6.04 Å². The molecule has 0 radical (unpaired) electrons. The molecule has 1 atom stereocenters. The van der Waals surface area contributed by atoms with Gasteiger partial charge in [0.05, 0.1) is 12.4 Å². The zero-order valence-corrected chi connectivity index (χ0v) is 13.5. The number of anilines is 1. The highest BCUT2D eigenvalue weighted by molar-refractivity contribution is 5.45. The first-order chi connectivity index (χ1) is 11.7. The van der Waals surface area contributed by atoms with Crippen LogP contribution in [-0.2, 0) is 0 Å². The van der Waals surface area contributed by atoms with Crippen molar-refractivity contribution in [2.75, 3.05) is 37.9 Å². The molecule has 0 amide bonds. The summed E-state index contributed by atoms with van der Waals surface area (Å²) in [6.07, 6.45) is 2.42. The molecule has 2 aliphatic rings. The van der Waals surface area contributed by atoms with Gasteiger partial charge in [-0.15, -0.1) is 0 Å². The van der Waals surface area contributed by atoms with Gasteiger partial charge in [0.1, 0.15) is 0 Å². The van der Waals surface area contributed by atoms with Crippen molar-refractivity contribution in [1.29, 1.82) is 0 Å². The molecule has 1 saturated heterocycles. The van der Waals surface area contributed by atoms with E-state index in [0.29, 0.717) is 12.7 Å². The quantitative estimate of drug-likeness (QED) is 0.860. The molecular weight excluding hydrogens is 311 g/mol. The molecule has 0 bridgehead atoms. The van der Waals surface area contributed by atoms with Crippen molar-refractivity contribution in [3.05, 3.63) is 42.0 Å². The van der Waals surface area contributed by atoms with Crippen molar-refractivity contribution < 1.29 is 13.9 Å². The summed E-state index contributed by atoms with van der Waals surface area (Å²) in [7, 11) is 0. The van der Waals surface area contributed by atoms with Crippen molar-refractivity contribution in [2.24, 2.45) is 0 Å². The first-order valence-electron chi connectivity index (χ1n) is 8.07. The standard InChI is InChI=1S/C17H19FN4O2/c1-12(13-2-3-15-16(8-13)24-11-23-15)21-4-6-22(7-5-21)17-19-9-14(18)10-20-17/h2-3,8-10,12H,4-7,11H2,1H3. The Morgan fingerprint density at radius 3 is 2.50 bits per heavy atom. The molecule has 1 fully saturated rings. The molecule has 24 heavy (non-hydrogen) atoms. The summed E-state index contributed by atoms with van der Waals surface area (Å²) in [5.74, 6) is 1.81. The number of fused-ring (bicyclic) bond motifs is 1. The van der Waals surface area contributed by atoms with Crippen LogP contribution in [0.25, 0.3) is 0 Å². The van der Waals surface area contributed by atoms with Gasteiger partial charge in [0.15, 0.2) is 17.3 Å². The second kappa shape index (κ2) is 6.24. The van der Waals surface area contributed by atoms with Gasteiger partial charge in [-0.2, -0.15) is 0 Å². The summed E-state index contributed by atoms with van der Waals surface area (Å²) in [5.41, 5.74) is 1.21. The third-order valence-corrected chi connectivity index (χ3v) is 4.63. The molecule has 0 spiro atoms. The number of halogens is 1. The zero-order valence-electron chi connectivity index (χ0n) is 13.5. The van der Waals surface area contributed by atoms with Crippen LogP contribution in [0.15, 0.2) is 30.6 Å². The topological polar surface area (TPSA) is 50.7 Å². The van der Waals surface area contributed by atoms with Crippen molar-refractivity contribution >= 4 is 5.95 Å². The Balaban J connectivity index is 1.41. The molecule has 0 N–H and O–H groups in total. The van der Waals surface area contributed by atoms with Crippen LogP contribution in [0.3, 0.4) is 0 Å². The number of ether oxygens (including phenoxy) is 2. The summed E-state index contributed by atoms with van der Waals surface area (Å²) in [6.45, 7) is 5.93. The van der Waals surface area contributed by atoms with Crippen molar-refractivity contribution in [3.63, 3.8) is 0 Å². The number of aromatic nitrogens is 2. The lowest BCUT2D eigenvalue weighted by molar-refractivity contribution is 0.173. The number of benzene rings is 1. The Hall–Kier alpha value is -2.41. The molecule has 4 rings (SSSR count). The van der Waals surface area contributed by atoms with Crippen LogP contribution >= 0.6 is 0 Å². The maximum atomic E-state index is 12.9. The van der Waals surface area contributed by atoms with Gasteiger partial charge in [-0.05, 0) is 24.6 Å². The SMILES string of the molecule is CC(c1ccc2c(c1)OCO2)N1CCN(c2ncc(F)cn2)CC1. The van der Waals surface area contributed by atoms with E-state index in [4.69, 9.17) is 9.47 Å². The molecule has 126 valence electrons. The molecule has 3 heterocycles. The van der Waals surface area contributed by atoms with Crippen LogP contribution in [0, 0.1) is 5.82 Å². The molecule has 0 saturated carbocycles. The highest BCUT2D eigenvalue weighted by Crippen LogP contribution is 2.35. The van der Waals surface area contributed by atoms with Crippen LogP contribution in [0.1, 0.15) is 18.5 Å². The fourth-order valence-corrected chi connectivity index (χ4v) is 3.16. The molecule has 1 unspecified atom stereocenters. The minimum absolute atomic E-state index is 0.288. The average molecular weight is 330 g/mol. The summed E-state index contributed by atoms with van der Waals surface area (Å²) in [4.78, 5) is 12.6. The predicted molar refractivity (Wildman–Crippen MR) is 86.8 cm³/mol. The normalized spacial score (nSPS) is 18.7. The number of hydrogen-bond donors (Lipinski definition) is 0. The minimum Gasteiger partial charge on any atom is -0.454 e. The van der Waals surface area contributed by atoms with Gasteiger partial charge >= 0.3 is 0 Å². The van der Waals surface area contributed by atoms with Crippen molar-refractivity contribution in [2.45, 2.75) is 13.0 Å². The summed E-state index contributed by atoms with van der Waals surface area (Å²) < 4.78 is 23.8. The lowest BCUT2D eigenvalue weighted by Crippen LogP contribution is -2.47. The zero-order chi connectivity index (χ0) is 16.5. The summed E-state index contributed by atoms with van der Waals surface area (Å²) >= 11 is 0. The molecular formula is C17H19FN4O2. The fourth-order valence-electron chi connectivity index (χ4n) is 3.16. The second-order valence-electron chi connectivity index (χ2n) is 6.01. The number of hydrogen-bond acceptors (Lipinski definition) is 6. The van der Waals surface area contributed by atoms with Gasteiger partial charge in [0.25, 0.3) is 0 Å². The lowest BCUT2D eigenvalue weighted by atomic mass is 10.1. The Bertz CT molecular complexity index is 717. The van der Waals surface area contributed by atoms with E-state index in [1.807, 2.05) is 6.07 Å². The molecule has 2 aliphatic heterocycles. The number of nitrogens with zero attached hydrogens (tertiary/aromatic N) is 4. The highest BCUT2D eigenvalue weighted by atomic mass is 19.1. The van der Waals surface area contributed by atoms with E-state index in [2.05, 4.69) is 38.8 Å². The third-order valence-electron chi connectivity index (χ3n) is 4.63. The van der Waals surface area contributed by atoms with E-state index in [1.54, 1.807) is 0 Å². The van der Waals surface area contributed by atoms with Crippen LogP contribution in [0.4, 0.5) is 10.3 Å². The minimum atomic E-state index is -0.409. The Kier molecular flexibility index (Phi) is 3.93. The van der Waals surface area contributed by atoms with E-state index in [0.717, 1.165) is 37.7 Å². The van der Waals surface area contributed by atoms with Crippen LogP contribution in [-0.4, -0.2) is 47.8 Å². The molecule has 1 aromatic carbocycles. The van der Waals surface area contributed by atoms with Gasteiger partial charge in [-0.25, -0.2) is 14.4 Å². The Labute approximate surface area is 139 Å². The van der Waals surface area contributed by atoms with Crippen molar-refractivity contribution in [1.82, 2.24) is 14.9 Å². The van der Waals surface area contributed by atoms with E-state index in [1.165, 1.54) is 18.0 Å². The molecule has 1 aromatic heterocycles. The van der Waals surface area contributed by atoms with Crippen molar-refractivity contribution in [3.8, 4) is 11.5 Å². The van der Waals surface area contributed by atoms with Gasteiger partial charge in [0.2, 0.25) is 12.7 Å². The second-order valence-corrected chi connectivity index (χ2v) is 6.01. The Morgan fingerprint density at radius 2 is 1.75 bits per heavy atom. The Morgan fingerprint density at radius 1 is 1.04 bits per heavy atom. The van der Waals surface area contributed by atoms with E-state index >= 15 is 0 Å². The van der Waals surface area contributed by atoms with Gasteiger partial charge < -0.3 is 14.4 Å². The van der Waals surface area contributed by atoms with Gasteiger partial charge in [-0.1, -0.05) is 6.07 Å². The van der Waals surface area contributed by atoms with E-state index < -0.39 is 5.82 Å². The number of piperazine rings is 1. The van der Waals surface area contributed by atoms with Crippen LogP contribution < -0.4 is 14.4 Å². The molecule has 0 aliphatic carbocycles. The first-order valence-corrected chi connectivity index (χ1v) is 8.07.